The van der Waals surface area contributed by atoms with Gasteiger partial charge in [0.1, 0.15) is 0 Å². The molecule has 0 amide bonds. The number of likely N-dealkylation sites (tertiary alicyclic amines) is 1. The van der Waals surface area contributed by atoms with Crippen molar-refractivity contribution < 1.29 is 9.53 Å². The van der Waals surface area contributed by atoms with Crippen LogP contribution in [0.1, 0.15) is 32.1 Å². The van der Waals surface area contributed by atoms with E-state index in [0.717, 1.165) is 31.8 Å². The Bertz CT molecular complexity index is 307. The van der Waals surface area contributed by atoms with Gasteiger partial charge >= 0.3 is 5.97 Å². The molecule has 0 atom stereocenters. The van der Waals surface area contributed by atoms with Crippen LogP contribution in [0, 0.1) is 11.3 Å². The van der Waals surface area contributed by atoms with E-state index < -0.39 is 0 Å². The molecule has 1 heterocycles. The van der Waals surface area contributed by atoms with Gasteiger partial charge in [0.15, 0.2) is 0 Å². The number of piperidine rings is 1. The summed E-state index contributed by atoms with van der Waals surface area (Å²) in [5.74, 6) is 0.852. The van der Waals surface area contributed by atoms with Crippen molar-refractivity contribution in [2.24, 2.45) is 11.3 Å². The summed E-state index contributed by atoms with van der Waals surface area (Å²) in [6.45, 7) is 4.44. The highest BCUT2D eigenvalue weighted by atomic mass is 16.5. The number of hydrogen-bond donors (Lipinski definition) is 0. The zero-order valence-corrected chi connectivity index (χ0v) is 12.7. The molecular weight excluding hydrogens is 240 g/mol. The monoisotopic (exact) mass is 268 g/mol. The highest BCUT2D eigenvalue weighted by Gasteiger charge is 2.51. The van der Waals surface area contributed by atoms with E-state index in [1.165, 1.54) is 39.5 Å². The first kappa shape index (κ1) is 14.8. The van der Waals surface area contributed by atoms with Gasteiger partial charge in [-0.05, 0) is 71.8 Å². The van der Waals surface area contributed by atoms with Gasteiger partial charge in [-0.1, -0.05) is 0 Å². The van der Waals surface area contributed by atoms with Crippen molar-refractivity contribution in [2.75, 3.05) is 47.4 Å². The normalized spacial score (nSPS) is 23.6. The highest BCUT2D eigenvalue weighted by molar-refractivity contribution is 5.80. The predicted molar refractivity (Wildman–Crippen MR) is 76.0 cm³/mol. The molecule has 1 saturated heterocycles. The summed E-state index contributed by atoms with van der Waals surface area (Å²) in [6, 6.07) is 0. The Labute approximate surface area is 117 Å². The van der Waals surface area contributed by atoms with Crippen LogP contribution in [0.4, 0.5) is 0 Å². The molecule has 1 aliphatic heterocycles. The van der Waals surface area contributed by atoms with Crippen LogP contribution in [0.15, 0.2) is 0 Å². The van der Waals surface area contributed by atoms with E-state index in [2.05, 4.69) is 23.9 Å². The fraction of sp³-hybridized carbons (Fsp3) is 0.933. The molecule has 1 saturated carbocycles. The minimum Gasteiger partial charge on any atom is -0.469 e. The number of nitrogens with zero attached hydrogens (tertiary/aromatic N) is 2. The second-order valence-electron chi connectivity index (χ2n) is 6.55. The first-order chi connectivity index (χ1) is 9.05. The Kier molecular flexibility index (Phi) is 4.85. The van der Waals surface area contributed by atoms with Gasteiger partial charge in [-0.3, -0.25) is 4.79 Å². The van der Waals surface area contributed by atoms with Crippen molar-refractivity contribution in [1.82, 2.24) is 9.80 Å². The minimum atomic E-state index is -0.170. The molecule has 4 heteroatoms. The van der Waals surface area contributed by atoms with E-state index in [-0.39, 0.29) is 11.4 Å². The molecule has 2 rings (SSSR count). The van der Waals surface area contributed by atoms with Crippen LogP contribution in [0.5, 0.6) is 0 Å². The van der Waals surface area contributed by atoms with Crippen molar-refractivity contribution >= 4 is 5.97 Å². The summed E-state index contributed by atoms with van der Waals surface area (Å²) < 4.78 is 4.91. The van der Waals surface area contributed by atoms with Crippen LogP contribution < -0.4 is 0 Å². The Hall–Kier alpha value is -0.610. The van der Waals surface area contributed by atoms with Gasteiger partial charge in [0.25, 0.3) is 0 Å². The van der Waals surface area contributed by atoms with E-state index >= 15 is 0 Å². The fourth-order valence-corrected chi connectivity index (χ4v) is 3.14. The third kappa shape index (κ3) is 3.93. The third-order valence-corrected chi connectivity index (χ3v) is 4.80. The zero-order valence-electron chi connectivity index (χ0n) is 12.7. The van der Waals surface area contributed by atoms with Crippen molar-refractivity contribution in [3.63, 3.8) is 0 Å². The van der Waals surface area contributed by atoms with Crippen molar-refractivity contribution in [1.29, 1.82) is 0 Å². The number of esters is 1. The minimum absolute atomic E-state index is 0.0151. The van der Waals surface area contributed by atoms with Gasteiger partial charge in [0.2, 0.25) is 0 Å². The molecule has 110 valence electrons. The number of hydrogen-bond acceptors (Lipinski definition) is 4. The first-order valence-electron chi connectivity index (χ1n) is 7.51. The number of carbonyl (C=O) groups is 1. The van der Waals surface area contributed by atoms with Crippen molar-refractivity contribution in [3.8, 4) is 0 Å². The van der Waals surface area contributed by atoms with Crippen molar-refractivity contribution in [2.45, 2.75) is 32.1 Å². The maximum atomic E-state index is 11.7. The molecule has 0 aromatic rings. The molecule has 0 N–H and O–H groups in total. The topological polar surface area (TPSA) is 32.8 Å². The van der Waals surface area contributed by atoms with Crippen LogP contribution in [0.2, 0.25) is 0 Å². The molecule has 2 aliphatic rings. The molecule has 2 fully saturated rings. The van der Waals surface area contributed by atoms with E-state index in [0.29, 0.717) is 0 Å². The molecule has 19 heavy (non-hydrogen) atoms. The molecule has 0 spiro atoms. The zero-order chi connectivity index (χ0) is 13.9. The Balaban J connectivity index is 1.67. The van der Waals surface area contributed by atoms with E-state index in [9.17, 15) is 4.79 Å². The Morgan fingerprint density at radius 2 is 2.00 bits per heavy atom. The molecule has 0 unspecified atom stereocenters. The standard InChI is InChI=1S/C15H28N2O2/c1-16-9-4-13(5-10-16)6-11-17(2)12-15(7-8-15)14(18)19-3/h13H,4-12H2,1-3H3. The first-order valence-corrected chi connectivity index (χ1v) is 7.51. The molecule has 0 aromatic carbocycles. The maximum absolute atomic E-state index is 11.7. The average Bonchev–Trinajstić information content (AvgIpc) is 3.18. The van der Waals surface area contributed by atoms with Crippen LogP contribution in [-0.2, 0) is 9.53 Å². The predicted octanol–water partition coefficient (Wildman–Crippen LogP) is 1.60. The number of carbonyl (C=O) groups excluding carboxylic acids is 1. The molecular formula is C15H28N2O2. The largest absolute Gasteiger partial charge is 0.469 e. The fourth-order valence-electron chi connectivity index (χ4n) is 3.14. The summed E-state index contributed by atoms with van der Waals surface area (Å²) >= 11 is 0. The molecule has 0 bridgehead atoms. The SMILES string of the molecule is COC(=O)C1(CN(C)CCC2CCN(C)CC2)CC1. The molecule has 0 aromatic heterocycles. The van der Waals surface area contributed by atoms with Crippen LogP contribution in [-0.4, -0.2) is 63.2 Å². The number of rotatable bonds is 6. The maximum Gasteiger partial charge on any atom is 0.313 e. The van der Waals surface area contributed by atoms with Gasteiger partial charge in [0.05, 0.1) is 12.5 Å². The molecule has 4 nitrogen and oxygen atoms in total. The molecule has 0 radical (unpaired) electrons. The summed E-state index contributed by atoms with van der Waals surface area (Å²) in [6.07, 6.45) is 5.91. The lowest BCUT2D eigenvalue weighted by Crippen LogP contribution is -2.35. The average molecular weight is 268 g/mol. The van der Waals surface area contributed by atoms with Gasteiger partial charge in [-0.25, -0.2) is 0 Å². The summed E-state index contributed by atoms with van der Waals surface area (Å²) in [7, 11) is 5.84. The second kappa shape index (κ2) is 6.23. The van der Waals surface area contributed by atoms with Crippen molar-refractivity contribution in [3.05, 3.63) is 0 Å². The smallest absolute Gasteiger partial charge is 0.313 e. The van der Waals surface area contributed by atoms with Gasteiger partial charge in [-0.15, -0.1) is 0 Å². The van der Waals surface area contributed by atoms with Gasteiger partial charge in [-0.2, -0.15) is 0 Å². The van der Waals surface area contributed by atoms with Crippen LogP contribution >= 0.6 is 0 Å². The lowest BCUT2D eigenvalue weighted by molar-refractivity contribution is -0.147. The lowest BCUT2D eigenvalue weighted by atomic mass is 9.93. The summed E-state index contributed by atoms with van der Waals surface area (Å²) in [4.78, 5) is 16.5. The summed E-state index contributed by atoms with van der Waals surface area (Å²) in [5, 5.41) is 0. The number of methoxy groups -OCH3 is 1. The van der Waals surface area contributed by atoms with E-state index in [1.54, 1.807) is 0 Å². The van der Waals surface area contributed by atoms with Gasteiger partial charge in [0, 0.05) is 6.54 Å². The third-order valence-electron chi connectivity index (χ3n) is 4.80. The lowest BCUT2D eigenvalue weighted by Gasteiger charge is -2.30. The Morgan fingerprint density at radius 3 is 2.53 bits per heavy atom. The van der Waals surface area contributed by atoms with Crippen LogP contribution in [0.25, 0.3) is 0 Å². The van der Waals surface area contributed by atoms with E-state index in [1.807, 2.05) is 0 Å². The molecule has 1 aliphatic carbocycles. The quantitative estimate of drug-likeness (QED) is 0.685. The Morgan fingerprint density at radius 1 is 1.37 bits per heavy atom. The summed E-state index contributed by atoms with van der Waals surface area (Å²) in [5.41, 5.74) is -0.170. The van der Waals surface area contributed by atoms with Crippen LogP contribution in [0.3, 0.4) is 0 Å². The van der Waals surface area contributed by atoms with Gasteiger partial charge < -0.3 is 14.5 Å². The number of ether oxygens (including phenoxy) is 1. The highest BCUT2D eigenvalue weighted by Crippen LogP contribution is 2.47. The van der Waals surface area contributed by atoms with E-state index in [4.69, 9.17) is 4.74 Å². The second-order valence-corrected chi connectivity index (χ2v) is 6.55.